The number of carbonyl (C=O) groups excluding carboxylic acids is 1. The van der Waals surface area contributed by atoms with E-state index in [1.165, 1.54) is 0 Å². The monoisotopic (exact) mass is 315 g/mol. The molecule has 1 amide bonds. The van der Waals surface area contributed by atoms with Crippen molar-refractivity contribution >= 4 is 27.5 Å². The second-order valence-electron chi connectivity index (χ2n) is 5.96. The van der Waals surface area contributed by atoms with Crippen LogP contribution in [0.1, 0.15) is 23.3 Å². The zero-order valence-electron chi connectivity index (χ0n) is 12.2. The quantitative estimate of drug-likeness (QED) is 0.813. The highest BCUT2D eigenvalue weighted by molar-refractivity contribution is 7.18. The molecule has 0 atom stereocenters. The molecule has 2 aliphatic rings. The summed E-state index contributed by atoms with van der Waals surface area (Å²) in [4.78, 5) is 33.1. The van der Waals surface area contributed by atoms with Crippen LogP contribution in [0.3, 0.4) is 0 Å². The van der Waals surface area contributed by atoms with E-state index in [9.17, 15) is 9.59 Å². The molecule has 0 N–H and O–H groups in total. The molecule has 0 saturated heterocycles. The fourth-order valence-corrected chi connectivity index (χ4v) is 4.26. The van der Waals surface area contributed by atoms with Crippen LogP contribution in [0, 0.1) is 5.92 Å². The highest BCUT2D eigenvalue weighted by atomic mass is 32.1. The molecule has 22 heavy (non-hydrogen) atoms. The molecule has 0 aromatic carbocycles. The van der Waals surface area contributed by atoms with Gasteiger partial charge in [-0.1, -0.05) is 6.08 Å². The minimum Gasteiger partial charge on any atom is -0.337 e. The van der Waals surface area contributed by atoms with Crippen molar-refractivity contribution in [3.05, 3.63) is 39.8 Å². The average molecular weight is 315 g/mol. The van der Waals surface area contributed by atoms with E-state index in [-0.39, 0.29) is 17.4 Å². The molecule has 1 aliphatic heterocycles. The number of aromatic nitrogens is 2. The number of hydrogen-bond donors (Lipinski definition) is 0. The molecule has 0 spiro atoms. The topological polar surface area (TPSA) is 55.2 Å². The largest absolute Gasteiger partial charge is 0.337 e. The first-order valence-corrected chi connectivity index (χ1v) is 8.40. The molecular weight excluding hydrogens is 298 g/mol. The van der Waals surface area contributed by atoms with Crippen molar-refractivity contribution in [3.8, 4) is 0 Å². The Balaban J connectivity index is 1.75. The van der Waals surface area contributed by atoms with Crippen LogP contribution in [0.2, 0.25) is 0 Å². The number of amides is 1. The average Bonchev–Trinajstić information content (AvgIpc) is 3.29. The van der Waals surface area contributed by atoms with E-state index < -0.39 is 0 Å². The zero-order chi connectivity index (χ0) is 15.3. The number of rotatable bonds is 3. The lowest BCUT2D eigenvalue weighted by molar-refractivity contribution is -0.133. The van der Waals surface area contributed by atoms with Gasteiger partial charge in [0.2, 0.25) is 5.91 Å². The first-order chi connectivity index (χ1) is 10.7. The van der Waals surface area contributed by atoms with E-state index in [0.717, 1.165) is 39.9 Å². The maximum atomic E-state index is 12.6. The van der Waals surface area contributed by atoms with Gasteiger partial charge in [-0.3, -0.25) is 14.2 Å². The Hall–Kier alpha value is -1.95. The van der Waals surface area contributed by atoms with E-state index >= 15 is 0 Å². The Labute approximate surface area is 131 Å². The van der Waals surface area contributed by atoms with Gasteiger partial charge in [-0.15, -0.1) is 17.9 Å². The summed E-state index contributed by atoms with van der Waals surface area (Å²) in [5, 5.41) is 0.739. The highest BCUT2D eigenvalue weighted by Crippen LogP contribution is 2.36. The van der Waals surface area contributed by atoms with Crippen molar-refractivity contribution in [2.75, 3.05) is 6.54 Å². The molecular formula is C16H17N3O2S. The van der Waals surface area contributed by atoms with Gasteiger partial charge in [0.25, 0.3) is 5.56 Å². The Morgan fingerprint density at radius 1 is 1.50 bits per heavy atom. The smallest absolute Gasteiger partial charge is 0.262 e. The van der Waals surface area contributed by atoms with Gasteiger partial charge in [-0.2, -0.15) is 0 Å². The number of hydrogen-bond acceptors (Lipinski definition) is 4. The van der Waals surface area contributed by atoms with Crippen LogP contribution in [0.25, 0.3) is 10.2 Å². The third kappa shape index (κ3) is 2.09. The van der Waals surface area contributed by atoms with Crippen LogP contribution >= 0.6 is 11.3 Å². The Kier molecular flexibility index (Phi) is 3.14. The lowest BCUT2D eigenvalue weighted by Crippen LogP contribution is -2.36. The van der Waals surface area contributed by atoms with Gasteiger partial charge in [0.1, 0.15) is 4.83 Å². The number of fused-ring (bicyclic) bond motifs is 3. The van der Waals surface area contributed by atoms with Gasteiger partial charge in [-0.25, -0.2) is 4.98 Å². The first-order valence-electron chi connectivity index (χ1n) is 7.58. The summed E-state index contributed by atoms with van der Waals surface area (Å²) in [5.74, 6) is 0.527. The van der Waals surface area contributed by atoms with E-state index in [4.69, 9.17) is 0 Å². The zero-order valence-corrected chi connectivity index (χ0v) is 13.1. The third-order valence-corrected chi connectivity index (χ3v) is 5.52. The van der Waals surface area contributed by atoms with Gasteiger partial charge in [0.05, 0.1) is 18.3 Å². The van der Waals surface area contributed by atoms with Crippen LogP contribution < -0.4 is 5.56 Å². The summed E-state index contributed by atoms with van der Waals surface area (Å²) in [6, 6.07) is 0. The molecule has 0 unspecified atom stereocenters. The van der Waals surface area contributed by atoms with Crippen LogP contribution in [-0.2, 0) is 24.3 Å². The minimum absolute atomic E-state index is 0.00405. The van der Waals surface area contributed by atoms with Crippen LogP contribution in [0.15, 0.2) is 23.8 Å². The minimum atomic E-state index is 0.00405. The van der Waals surface area contributed by atoms with Crippen molar-refractivity contribution in [3.63, 3.8) is 0 Å². The first kappa shape index (κ1) is 13.7. The summed E-state index contributed by atoms with van der Waals surface area (Å²) in [6.07, 6.45) is 6.10. The van der Waals surface area contributed by atoms with E-state index in [1.54, 1.807) is 28.3 Å². The van der Waals surface area contributed by atoms with Crippen molar-refractivity contribution < 1.29 is 4.79 Å². The maximum absolute atomic E-state index is 12.6. The molecule has 2 aromatic rings. The highest BCUT2D eigenvalue weighted by Gasteiger charge is 2.35. The van der Waals surface area contributed by atoms with Gasteiger partial charge in [-0.05, 0) is 24.8 Å². The molecule has 6 heteroatoms. The second kappa shape index (κ2) is 5.05. The molecule has 0 radical (unpaired) electrons. The lowest BCUT2D eigenvalue weighted by Gasteiger charge is -2.27. The molecule has 1 saturated carbocycles. The van der Waals surface area contributed by atoms with Gasteiger partial charge in [0, 0.05) is 23.9 Å². The van der Waals surface area contributed by atoms with Crippen molar-refractivity contribution in [1.29, 1.82) is 0 Å². The molecule has 1 aliphatic carbocycles. The van der Waals surface area contributed by atoms with E-state index in [0.29, 0.717) is 19.6 Å². The third-order valence-electron chi connectivity index (χ3n) is 4.39. The molecule has 114 valence electrons. The lowest BCUT2D eigenvalue weighted by atomic mass is 10.0. The van der Waals surface area contributed by atoms with Crippen LogP contribution in [-0.4, -0.2) is 26.9 Å². The Bertz CT molecular complexity index is 832. The standard InChI is InChI=1S/C16H17N3O2S/c1-2-6-19-9-17-14-13(16(19)21)11-5-7-18(8-12(11)22-14)15(20)10-3-4-10/h2,9-10H,1,3-8H2. The van der Waals surface area contributed by atoms with E-state index in [2.05, 4.69) is 11.6 Å². The summed E-state index contributed by atoms with van der Waals surface area (Å²) >= 11 is 1.55. The van der Waals surface area contributed by atoms with Gasteiger partial charge in [0.15, 0.2) is 0 Å². The molecule has 1 fully saturated rings. The maximum Gasteiger partial charge on any atom is 0.262 e. The predicted octanol–water partition coefficient (Wildman–Crippen LogP) is 1.94. The Morgan fingerprint density at radius 3 is 3.05 bits per heavy atom. The van der Waals surface area contributed by atoms with Gasteiger partial charge >= 0.3 is 0 Å². The number of nitrogens with zero attached hydrogens (tertiary/aromatic N) is 3. The fourth-order valence-electron chi connectivity index (χ4n) is 3.06. The number of allylic oxidation sites excluding steroid dienone is 1. The fraction of sp³-hybridized carbons (Fsp3) is 0.438. The molecule has 3 heterocycles. The Morgan fingerprint density at radius 2 is 2.32 bits per heavy atom. The number of thiophene rings is 1. The van der Waals surface area contributed by atoms with Crippen LogP contribution in [0.4, 0.5) is 0 Å². The van der Waals surface area contributed by atoms with Crippen LogP contribution in [0.5, 0.6) is 0 Å². The molecule has 5 nitrogen and oxygen atoms in total. The predicted molar refractivity (Wildman–Crippen MR) is 85.9 cm³/mol. The van der Waals surface area contributed by atoms with Crippen molar-refractivity contribution in [1.82, 2.24) is 14.5 Å². The summed E-state index contributed by atoms with van der Waals surface area (Å²) in [5.41, 5.74) is 1.10. The molecule has 2 aromatic heterocycles. The molecule has 0 bridgehead atoms. The molecule has 4 rings (SSSR count). The van der Waals surface area contributed by atoms with Gasteiger partial charge < -0.3 is 4.90 Å². The normalized spacial score (nSPS) is 17.5. The summed E-state index contributed by atoms with van der Waals surface area (Å²) < 4.78 is 1.59. The SMILES string of the molecule is C=CCn1cnc2sc3c(c2c1=O)CCN(C(=O)C1CC1)C3. The van der Waals surface area contributed by atoms with Crippen molar-refractivity contribution in [2.24, 2.45) is 5.92 Å². The summed E-state index contributed by atoms with van der Waals surface area (Å²) in [7, 11) is 0. The van der Waals surface area contributed by atoms with E-state index in [1.807, 2.05) is 4.90 Å². The van der Waals surface area contributed by atoms with Crippen molar-refractivity contribution in [2.45, 2.75) is 32.4 Å². The summed E-state index contributed by atoms with van der Waals surface area (Å²) in [6.45, 7) is 5.49. The number of carbonyl (C=O) groups is 1. The second-order valence-corrected chi connectivity index (χ2v) is 7.04.